The van der Waals surface area contributed by atoms with Crippen molar-refractivity contribution in [2.24, 2.45) is 11.8 Å². The minimum Gasteiger partial charge on any atom is -0.207 e. The summed E-state index contributed by atoms with van der Waals surface area (Å²) in [5.41, 5.74) is 5.32. The van der Waals surface area contributed by atoms with Gasteiger partial charge in [0.25, 0.3) is 0 Å². The van der Waals surface area contributed by atoms with E-state index in [4.69, 9.17) is 0 Å². The summed E-state index contributed by atoms with van der Waals surface area (Å²) in [7, 11) is -3.52. The van der Waals surface area contributed by atoms with E-state index in [-0.39, 0.29) is 6.04 Å². The van der Waals surface area contributed by atoms with E-state index in [0.29, 0.717) is 29.2 Å². The summed E-state index contributed by atoms with van der Waals surface area (Å²) in [4.78, 5) is 0.416. The van der Waals surface area contributed by atoms with Crippen LogP contribution in [0, 0.1) is 18.8 Å². The Morgan fingerprint density at radius 2 is 1.70 bits per heavy atom. The van der Waals surface area contributed by atoms with Crippen molar-refractivity contribution in [2.45, 2.75) is 63.8 Å². The molecule has 0 saturated heterocycles. The van der Waals surface area contributed by atoms with Crippen molar-refractivity contribution in [3.8, 4) is 0 Å². The zero-order valence-corrected chi connectivity index (χ0v) is 19.3. The fourth-order valence-electron chi connectivity index (χ4n) is 5.29. The first kappa shape index (κ1) is 21.3. The molecule has 1 fully saturated rings. The molecule has 160 valence electrons. The SMILES string of the molecule is CCC1=C2[C@@H](C[C@@H]2c2ccccc2)CN(S(=O)(=O)c2ccc(C)cc2)[C@H]1CC(C)C. The Bertz CT molecular complexity index is 1020. The molecule has 30 heavy (non-hydrogen) atoms. The van der Waals surface area contributed by atoms with Crippen molar-refractivity contribution < 1.29 is 8.42 Å². The zero-order chi connectivity index (χ0) is 21.5. The monoisotopic (exact) mass is 423 g/mol. The Labute approximate surface area is 181 Å². The largest absolute Gasteiger partial charge is 0.243 e. The van der Waals surface area contributed by atoms with Gasteiger partial charge in [-0.15, -0.1) is 0 Å². The minimum atomic E-state index is -3.52. The average Bonchev–Trinajstić information content (AvgIpc) is 2.70. The molecule has 0 spiro atoms. The van der Waals surface area contributed by atoms with E-state index >= 15 is 0 Å². The number of hydrogen-bond donors (Lipinski definition) is 0. The summed E-state index contributed by atoms with van der Waals surface area (Å²) in [6.07, 6.45) is 2.82. The lowest BCUT2D eigenvalue weighted by Gasteiger charge is -2.51. The molecule has 1 heterocycles. The van der Waals surface area contributed by atoms with E-state index in [1.54, 1.807) is 12.1 Å². The van der Waals surface area contributed by atoms with E-state index in [2.05, 4.69) is 51.1 Å². The van der Waals surface area contributed by atoms with Gasteiger partial charge in [-0.1, -0.05) is 79.9 Å². The van der Waals surface area contributed by atoms with Gasteiger partial charge in [0.1, 0.15) is 0 Å². The van der Waals surface area contributed by atoms with Crippen molar-refractivity contribution >= 4 is 10.0 Å². The minimum absolute atomic E-state index is 0.0425. The van der Waals surface area contributed by atoms with Crippen LogP contribution in [0.2, 0.25) is 0 Å². The quantitative estimate of drug-likeness (QED) is 0.541. The molecule has 3 nitrogen and oxygen atoms in total. The van der Waals surface area contributed by atoms with Gasteiger partial charge in [-0.05, 0) is 55.7 Å². The molecule has 2 aromatic rings. The number of rotatable bonds is 6. The van der Waals surface area contributed by atoms with Crippen molar-refractivity contribution in [1.82, 2.24) is 4.31 Å². The summed E-state index contributed by atoms with van der Waals surface area (Å²) in [5.74, 6) is 1.22. The Kier molecular flexibility index (Phi) is 5.91. The third kappa shape index (κ3) is 3.76. The summed E-state index contributed by atoms with van der Waals surface area (Å²) in [5, 5.41) is 0. The van der Waals surface area contributed by atoms with Gasteiger partial charge in [-0.3, -0.25) is 0 Å². The molecular formula is C26H33NO2S. The van der Waals surface area contributed by atoms with E-state index in [9.17, 15) is 8.42 Å². The lowest BCUT2D eigenvalue weighted by atomic mass is 9.62. The van der Waals surface area contributed by atoms with E-state index in [1.807, 2.05) is 23.4 Å². The maximum Gasteiger partial charge on any atom is 0.243 e. The van der Waals surface area contributed by atoms with Gasteiger partial charge in [-0.25, -0.2) is 8.42 Å². The van der Waals surface area contributed by atoms with Crippen molar-refractivity contribution in [1.29, 1.82) is 0 Å². The van der Waals surface area contributed by atoms with Crippen LogP contribution in [-0.4, -0.2) is 25.3 Å². The molecule has 3 atom stereocenters. The summed E-state index contributed by atoms with van der Waals surface area (Å²) in [6.45, 7) is 9.17. The lowest BCUT2D eigenvalue weighted by Crippen LogP contribution is -2.52. The summed E-state index contributed by atoms with van der Waals surface area (Å²) in [6, 6.07) is 18.0. The van der Waals surface area contributed by atoms with Crippen LogP contribution in [-0.2, 0) is 10.0 Å². The molecule has 0 radical (unpaired) electrons. The predicted octanol–water partition coefficient (Wildman–Crippen LogP) is 5.92. The normalized spacial score (nSPS) is 24.6. The van der Waals surface area contributed by atoms with Crippen LogP contribution < -0.4 is 0 Å². The molecule has 0 unspecified atom stereocenters. The molecule has 0 N–H and O–H groups in total. The molecule has 1 aliphatic carbocycles. The standard InChI is InChI=1S/C26H33NO2S/c1-5-23-25(15-18(2)3)27(30(28,29)22-13-11-19(4)12-14-22)17-21-16-24(26(21)23)20-9-7-6-8-10-20/h6-14,18,21,24-25H,5,15-17H2,1-4H3/t21-,24+,25-/m0/s1. The second kappa shape index (κ2) is 8.32. The second-order valence-corrected chi connectivity index (χ2v) is 11.2. The highest BCUT2D eigenvalue weighted by molar-refractivity contribution is 7.89. The number of sulfonamides is 1. The predicted molar refractivity (Wildman–Crippen MR) is 123 cm³/mol. The number of hydrogen-bond acceptors (Lipinski definition) is 2. The molecule has 2 aromatic carbocycles. The van der Waals surface area contributed by atoms with Crippen LogP contribution in [0.25, 0.3) is 0 Å². The van der Waals surface area contributed by atoms with E-state index in [0.717, 1.165) is 24.8 Å². The number of benzene rings is 2. The van der Waals surface area contributed by atoms with Crippen molar-refractivity contribution in [2.75, 3.05) is 6.54 Å². The Hall–Kier alpha value is -1.91. The third-order valence-electron chi connectivity index (χ3n) is 6.76. The van der Waals surface area contributed by atoms with Crippen LogP contribution in [0.1, 0.15) is 57.1 Å². The Balaban J connectivity index is 1.76. The van der Waals surface area contributed by atoms with Gasteiger partial charge in [0, 0.05) is 18.5 Å². The zero-order valence-electron chi connectivity index (χ0n) is 18.5. The molecule has 2 aliphatic rings. The van der Waals surface area contributed by atoms with Gasteiger partial charge in [-0.2, -0.15) is 4.31 Å². The third-order valence-corrected chi connectivity index (χ3v) is 8.65. The van der Waals surface area contributed by atoms with Gasteiger partial charge in [0.15, 0.2) is 0 Å². The van der Waals surface area contributed by atoms with Gasteiger partial charge in [0.2, 0.25) is 10.0 Å². The molecule has 0 aromatic heterocycles. The number of fused-ring (bicyclic) bond motifs is 1. The highest BCUT2D eigenvalue weighted by atomic mass is 32.2. The fraction of sp³-hybridized carbons (Fsp3) is 0.462. The molecule has 0 amide bonds. The van der Waals surface area contributed by atoms with Crippen LogP contribution in [0.5, 0.6) is 0 Å². The fourth-order valence-corrected chi connectivity index (χ4v) is 6.97. The highest BCUT2D eigenvalue weighted by Crippen LogP contribution is 2.53. The smallest absolute Gasteiger partial charge is 0.207 e. The number of aryl methyl sites for hydroxylation is 1. The first-order chi connectivity index (χ1) is 14.3. The first-order valence-electron chi connectivity index (χ1n) is 11.2. The number of nitrogens with zero attached hydrogens (tertiary/aromatic N) is 1. The van der Waals surface area contributed by atoms with Gasteiger partial charge < -0.3 is 0 Å². The molecular weight excluding hydrogens is 390 g/mol. The second-order valence-electron chi connectivity index (χ2n) is 9.26. The van der Waals surface area contributed by atoms with E-state index < -0.39 is 10.0 Å². The maximum absolute atomic E-state index is 13.7. The lowest BCUT2D eigenvalue weighted by molar-refractivity contribution is 0.207. The Morgan fingerprint density at radius 3 is 2.30 bits per heavy atom. The van der Waals surface area contributed by atoms with Gasteiger partial charge >= 0.3 is 0 Å². The summed E-state index contributed by atoms with van der Waals surface area (Å²) >= 11 is 0. The topological polar surface area (TPSA) is 37.4 Å². The highest BCUT2D eigenvalue weighted by Gasteiger charge is 2.48. The van der Waals surface area contributed by atoms with Crippen molar-refractivity contribution in [3.05, 3.63) is 76.9 Å². The molecule has 1 saturated carbocycles. The van der Waals surface area contributed by atoms with E-state index in [1.165, 1.54) is 16.7 Å². The molecule has 4 rings (SSSR count). The Morgan fingerprint density at radius 1 is 1.03 bits per heavy atom. The average molecular weight is 424 g/mol. The first-order valence-corrected chi connectivity index (χ1v) is 12.6. The molecule has 0 bridgehead atoms. The molecule has 1 aliphatic heterocycles. The summed E-state index contributed by atoms with van der Waals surface area (Å²) < 4.78 is 29.2. The van der Waals surface area contributed by atoms with Crippen LogP contribution >= 0.6 is 0 Å². The van der Waals surface area contributed by atoms with Crippen LogP contribution in [0.15, 0.2) is 70.6 Å². The van der Waals surface area contributed by atoms with Gasteiger partial charge in [0.05, 0.1) is 4.90 Å². The van der Waals surface area contributed by atoms with Crippen LogP contribution in [0.4, 0.5) is 0 Å². The van der Waals surface area contributed by atoms with Crippen LogP contribution in [0.3, 0.4) is 0 Å². The maximum atomic E-state index is 13.7. The van der Waals surface area contributed by atoms with Crippen molar-refractivity contribution in [3.63, 3.8) is 0 Å². The molecule has 4 heteroatoms.